The molecule has 0 aliphatic carbocycles. The largest absolute Gasteiger partial charge is 0.409 e. The van der Waals surface area contributed by atoms with Gasteiger partial charge in [0.05, 0.1) is 5.54 Å². The summed E-state index contributed by atoms with van der Waals surface area (Å²) in [6.07, 6.45) is 0. The third-order valence-corrected chi connectivity index (χ3v) is 2.49. The molecule has 5 nitrogen and oxygen atoms in total. The fourth-order valence-corrected chi connectivity index (χ4v) is 1.25. The SMILES string of the molecule is Cc1ccc(C(=O)NC(C)(C)/C(N)=N/O)cc1. The van der Waals surface area contributed by atoms with Crippen molar-refractivity contribution in [2.45, 2.75) is 26.3 Å². The number of amidine groups is 1. The van der Waals surface area contributed by atoms with Crippen LogP contribution in [0.3, 0.4) is 0 Å². The van der Waals surface area contributed by atoms with Crippen LogP contribution in [0.4, 0.5) is 0 Å². The van der Waals surface area contributed by atoms with E-state index in [9.17, 15) is 4.79 Å². The van der Waals surface area contributed by atoms with Crippen LogP contribution in [0.1, 0.15) is 29.8 Å². The van der Waals surface area contributed by atoms with E-state index in [0.717, 1.165) is 5.56 Å². The molecule has 1 amide bonds. The molecule has 1 aromatic carbocycles. The lowest BCUT2D eigenvalue weighted by Gasteiger charge is -2.24. The summed E-state index contributed by atoms with van der Waals surface area (Å²) in [7, 11) is 0. The Labute approximate surface area is 100 Å². The van der Waals surface area contributed by atoms with Crippen molar-refractivity contribution < 1.29 is 10.0 Å². The van der Waals surface area contributed by atoms with Crippen molar-refractivity contribution in [1.82, 2.24) is 5.32 Å². The van der Waals surface area contributed by atoms with Gasteiger partial charge in [-0.3, -0.25) is 4.79 Å². The summed E-state index contributed by atoms with van der Waals surface area (Å²) in [5.41, 5.74) is 6.21. The number of hydrogen-bond acceptors (Lipinski definition) is 3. The van der Waals surface area contributed by atoms with Crippen molar-refractivity contribution in [1.29, 1.82) is 0 Å². The van der Waals surface area contributed by atoms with Gasteiger partial charge in [-0.15, -0.1) is 0 Å². The third kappa shape index (κ3) is 3.21. The van der Waals surface area contributed by atoms with Crippen LogP contribution in [0.5, 0.6) is 0 Å². The zero-order valence-corrected chi connectivity index (χ0v) is 10.2. The summed E-state index contributed by atoms with van der Waals surface area (Å²) in [6.45, 7) is 5.27. The molecule has 0 unspecified atom stereocenters. The monoisotopic (exact) mass is 235 g/mol. The normalized spacial score (nSPS) is 12.3. The molecule has 0 aliphatic heterocycles. The van der Waals surface area contributed by atoms with Crippen molar-refractivity contribution in [3.63, 3.8) is 0 Å². The van der Waals surface area contributed by atoms with Crippen LogP contribution < -0.4 is 11.1 Å². The Balaban J connectivity index is 2.83. The molecule has 0 bridgehead atoms. The highest BCUT2D eigenvalue weighted by atomic mass is 16.4. The first-order valence-electron chi connectivity index (χ1n) is 5.24. The molecule has 0 radical (unpaired) electrons. The third-order valence-electron chi connectivity index (χ3n) is 2.49. The van der Waals surface area contributed by atoms with Gasteiger partial charge in [0.25, 0.3) is 5.91 Å². The van der Waals surface area contributed by atoms with Crippen LogP contribution in [0.2, 0.25) is 0 Å². The number of oxime groups is 1. The van der Waals surface area contributed by atoms with Gasteiger partial charge in [0, 0.05) is 5.56 Å². The van der Waals surface area contributed by atoms with Crippen LogP contribution in [-0.2, 0) is 0 Å². The lowest BCUT2D eigenvalue weighted by atomic mass is 10.0. The number of benzene rings is 1. The van der Waals surface area contributed by atoms with E-state index >= 15 is 0 Å². The molecule has 4 N–H and O–H groups in total. The average Bonchev–Trinajstić information content (AvgIpc) is 2.28. The minimum atomic E-state index is -0.892. The van der Waals surface area contributed by atoms with Gasteiger partial charge in [-0.25, -0.2) is 0 Å². The summed E-state index contributed by atoms with van der Waals surface area (Å²) in [5, 5.41) is 14.2. The molecule has 92 valence electrons. The standard InChI is InChI=1S/C12H17N3O2/c1-8-4-6-9(7-5-8)10(16)14-12(2,3)11(13)15-17/h4-7,17H,1-3H3,(H2,13,15)(H,14,16). The van der Waals surface area contributed by atoms with Crippen molar-refractivity contribution in [2.75, 3.05) is 0 Å². The Kier molecular flexibility index (Phi) is 3.73. The Hall–Kier alpha value is -2.04. The van der Waals surface area contributed by atoms with E-state index in [0.29, 0.717) is 5.56 Å². The van der Waals surface area contributed by atoms with E-state index in [4.69, 9.17) is 10.9 Å². The van der Waals surface area contributed by atoms with Crippen LogP contribution >= 0.6 is 0 Å². The highest BCUT2D eigenvalue weighted by Gasteiger charge is 2.26. The number of amides is 1. The van der Waals surface area contributed by atoms with Crippen molar-refractivity contribution in [2.24, 2.45) is 10.9 Å². The number of carbonyl (C=O) groups excluding carboxylic acids is 1. The molecule has 0 fully saturated rings. The Morgan fingerprint density at radius 1 is 1.35 bits per heavy atom. The first-order chi connectivity index (χ1) is 7.86. The van der Waals surface area contributed by atoms with Gasteiger partial charge in [0.2, 0.25) is 0 Å². The number of hydrogen-bond donors (Lipinski definition) is 3. The summed E-state index contributed by atoms with van der Waals surface area (Å²) in [6, 6.07) is 7.16. The van der Waals surface area contributed by atoms with Crippen LogP contribution in [0.15, 0.2) is 29.4 Å². The Bertz CT molecular complexity index is 436. The maximum atomic E-state index is 11.9. The van der Waals surface area contributed by atoms with E-state index < -0.39 is 5.54 Å². The molecular formula is C12H17N3O2. The fourth-order valence-electron chi connectivity index (χ4n) is 1.25. The molecule has 0 atom stereocenters. The number of rotatable bonds is 3. The van der Waals surface area contributed by atoms with Gasteiger partial charge in [-0.05, 0) is 32.9 Å². The van der Waals surface area contributed by atoms with Crippen molar-refractivity contribution in [3.8, 4) is 0 Å². The second-order valence-electron chi connectivity index (χ2n) is 4.43. The molecule has 1 aromatic rings. The number of aryl methyl sites for hydroxylation is 1. The predicted octanol–water partition coefficient (Wildman–Crippen LogP) is 1.25. The molecule has 0 saturated carbocycles. The smallest absolute Gasteiger partial charge is 0.252 e. The van der Waals surface area contributed by atoms with Gasteiger partial charge in [0.15, 0.2) is 5.84 Å². The molecule has 0 spiro atoms. The topological polar surface area (TPSA) is 87.7 Å². The van der Waals surface area contributed by atoms with E-state index in [2.05, 4.69) is 10.5 Å². The first-order valence-corrected chi connectivity index (χ1v) is 5.24. The number of carbonyl (C=O) groups is 1. The van der Waals surface area contributed by atoms with Crippen LogP contribution in [0.25, 0.3) is 0 Å². The molecule has 17 heavy (non-hydrogen) atoms. The molecule has 0 aromatic heterocycles. The van der Waals surface area contributed by atoms with Gasteiger partial charge in [-0.2, -0.15) is 0 Å². The van der Waals surface area contributed by atoms with Gasteiger partial charge in [0.1, 0.15) is 0 Å². The molecular weight excluding hydrogens is 218 g/mol. The van der Waals surface area contributed by atoms with E-state index in [-0.39, 0.29) is 11.7 Å². The summed E-state index contributed by atoms with van der Waals surface area (Å²) in [4.78, 5) is 11.9. The summed E-state index contributed by atoms with van der Waals surface area (Å²) in [5.74, 6) is -0.306. The summed E-state index contributed by atoms with van der Waals surface area (Å²) >= 11 is 0. The molecule has 5 heteroatoms. The van der Waals surface area contributed by atoms with Gasteiger partial charge in [-0.1, -0.05) is 22.9 Å². The molecule has 0 heterocycles. The Morgan fingerprint density at radius 2 is 1.88 bits per heavy atom. The van der Waals surface area contributed by atoms with Crippen LogP contribution in [-0.4, -0.2) is 22.5 Å². The fraction of sp³-hybridized carbons (Fsp3) is 0.333. The zero-order chi connectivity index (χ0) is 13.1. The number of nitrogens with one attached hydrogen (secondary N) is 1. The van der Waals surface area contributed by atoms with E-state index in [1.54, 1.807) is 26.0 Å². The highest BCUT2D eigenvalue weighted by molar-refractivity contribution is 5.99. The minimum Gasteiger partial charge on any atom is -0.409 e. The van der Waals surface area contributed by atoms with Gasteiger partial charge >= 0.3 is 0 Å². The number of nitrogens with two attached hydrogens (primary N) is 1. The van der Waals surface area contributed by atoms with E-state index in [1.807, 2.05) is 19.1 Å². The second kappa shape index (κ2) is 4.86. The predicted molar refractivity (Wildman–Crippen MR) is 66.1 cm³/mol. The Morgan fingerprint density at radius 3 is 2.35 bits per heavy atom. The summed E-state index contributed by atoms with van der Waals surface area (Å²) < 4.78 is 0. The lowest BCUT2D eigenvalue weighted by Crippen LogP contribution is -2.53. The molecule has 1 rings (SSSR count). The lowest BCUT2D eigenvalue weighted by molar-refractivity contribution is 0.0931. The zero-order valence-electron chi connectivity index (χ0n) is 10.2. The maximum Gasteiger partial charge on any atom is 0.252 e. The quantitative estimate of drug-likeness (QED) is 0.319. The van der Waals surface area contributed by atoms with Crippen molar-refractivity contribution in [3.05, 3.63) is 35.4 Å². The second-order valence-corrected chi connectivity index (χ2v) is 4.43. The highest BCUT2D eigenvalue weighted by Crippen LogP contribution is 2.07. The molecule has 0 aliphatic rings. The first kappa shape index (κ1) is 13.0. The molecule has 0 saturated heterocycles. The van der Waals surface area contributed by atoms with E-state index in [1.165, 1.54) is 0 Å². The average molecular weight is 235 g/mol. The minimum absolute atomic E-state index is 0.0436. The van der Waals surface area contributed by atoms with Crippen molar-refractivity contribution >= 4 is 11.7 Å². The maximum absolute atomic E-state index is 11.9. The van der Waals surface area contributed by atoms with Gasteiger partial charge < -0.3 is 16.3 Å². The van der Waals surface area contributed by atoms with Crippen LogP contribution in [0, 0.1) is 6.92 Å². The number of nitrogens with zero attached hydrogens (tertiary/aromatic N) is 1.